The summed E-state index contributed by atoms with van der Waals surface area (Å²) >= 11 is 0. The summed E-state index contributed by atoms with van der Waals surface area (Å²) in [4.78, 5) is 4.23. The van der Waals surface area contributed by atoms with Gasteiger partial charge in [0.25, 0.3) is 6.43 Å². The molecule has 2 rings (SSSR count). The van der Waals surface area contributed by atoms with Crippen LogP contribution < -0.4 is 20.5 Å². The van der Waals surface area contributed by atoms with E-state index in [0.29, 0.717) is 23.7 Å². The second-order valence-corrected chi connectivity index (χ2v) is 4.88. The zero-order valence-corrected chi connectivity index (χ0v) is 15.9. The maximum atomic E-state index is 12.2. The van der Waals surface area contributed by atoms with Crippen molar-refractivity contribution in [3.8, 4) is 11.5 Å². The van der Waals surface area contributed by atoms with Gasteiger partial charge in [0.1, 0.15) is 18.1 Å². The van der Waals surface area contributed by atoms with Crippen LogP contribution in [-0.4, -0.2) is 26.1 Å². The van der Waals surface area contributed by atoms with Gasteiger partial charge < -0.3 is 20.5 Å². The molecular weight excluding hydrogens is 443 g/mol. The lowest BCUT2D eigenvalue weighted by Crippen LogP contribution is -2.22. The topological polar surface area (TPSA) is 68.9 Å². The number of aliphatic imine (C=N–C) groups is 1. The first-order chi connectivity index (χ1) is 11.6. The first kappa shape index (κ1) is 20.9. The largest absolute Gasteiger partial charge is 0.495 e. The predicted octanol–water partition coefficient (Wildman–Crippen LogP) is 3.88. The van der Waals surface area contributed by atoms with Crippen LogP contribution in [0.15, 0.2) is 53.5 Å². The van der Waals surface area contributed by atoms with Crippen molar-refractivity contribution in [1.82, 2.24) is 0 Å². The van der Waals surface area contributed by atoms with Crippen LogP contribution in [-0.2, 0) is 6.54 Å². The second-order valence-electron chi connectivity index (χ2n) is 4.88. The minimum Gasteiger partial charge on any atom is -0.495 e. The van der Waals surface area contributed by atoms with Crippen molar-refractivity contribution >= 4 is 35.6 Å². The van der Waals surface area contributed by atoms with Gasteiger partial charge in [-0.2, -0.15) is 0 Å². The number of alkyl halides is 2. The molecule has 0 bridgehead atoms. The highest BCUT2D eigenvalue weighted by Gasteiger charge is 2.05. The summed E-state index contributed by atoms with van der Waals surface area (Å²) < 4.78 is 34.5. The molecular formula is C17H20F2IN3O2. The number of hydrogen-bond acceptors (Lipinski definition) is 3. The fraction of sp³-hybridized carbons (Fsp3) is 0.235. The highest BCUT2D eigenvalue weighted by atomic mass is 127. The monoisotopic (exact) mass is 463 g/mol. The Morgan fingerprint density at radius 1 is 1.20 bits per heavy atom. The summed E-state index contributed by atoms with van der Waals surface area (Å²) in [6.07, 6.45) is -2.51. The maximum Gasteiger partial charge on any atom is 0.272 e. The van der Waals surface area contributed by atoms with Crippen molar-refractivity contribution < 1.29 is 18.3 Å². The fourth-order valence-corrected chi connectivity index (χ4v) is 1.99. The summed E-state index contributed by atoms with van der Waals surface area (Å²) in [5, 5.41) is 2.96. The van der Waals surface area contributed by atoms with Crippen LogP contribution in [0.1, 0.15) is 5.56 Å². The zero-order valence-electron chi connectivity index (χ0n) is 13.6. The summed E-state index contributed by atoms with van der Waals surface area (Å²) in [7, 11) is 1.57. The summed E-state index contributed by atoms with van der Waals surface area (Å²) in [6.45, 7) is -0.343. The molecule has 8 heteroatoms. The van der Waals surface area contributed by atoms with Gasteiger partial charge in [0.05, 0.1) is 19.3 Å². The summed E-state index contributed by atoms with van der Waals surface area (Å²) in [5.74, 6) is 1.25. The Balaban J connectivity index is 0.00000312. The van der Waals surface area contributed by atoms with Crippen molar-refractivity contribution in [2.24, 2.45) is 10.7 Å². The van der Waals surface area contributed by atoms with Crippen LogP contribution in [0.2, 0.25) is 0 Å². The average molecular weight is 463 g/mol. The van der Waals surface area contributed by atoms with Crippen LogP contribution >= 0.6 is 24.0 Å². The third kappa shape index (κ3) is 7.12. The highest BCUT2D eigenvalue weighted by Crippen LogP contribution is 2.22. The molecule has 0 aliphatic heterocycles. The third-order valence-electron chi connectivity index (χ3n) is 3.08. The standard InChI is InChI=1S/C17H19F2N3O2.HI/c1-23-15-8-3-2-7-14(15)22-17(20)21-10-12-5-4-6-13(9-12)24-11-16(18)19;/h2-9,16H,10-11H2,1H3,(H3,20,21,22);1H. The Hall–Kier alpha value is -2.10. The van der Waals surface area contributed by atoms with Gasteiger partial charge in [-0.1, -0.05) is 24.3 Å². The van der Waals surface area contributed by atoms with E-state index >= 15 is 0 Å². The van der Waals surface area contributed by atoms with Crippen molar-refractivity contribution in [2.75, 3.05) is 19.0 Å². The Morgan fingerprint density at radius 2 is 1.96 bits per heavy atom. The number of anilines is 1. The highest BCUT2D eigenvalue weighted by molar-refractivity contribution is 14.0. The van der Waals surface area contributed by atoms with Gasteiger partial charge in [-0.05, 0) is 29.8 Å². The Bertz CT molecular complexity index is 699. The molecule has 3 N–H and O–H groups in total. The summed E-state index contributed by atoms with van der Waals surface area (Å²) in [5.41, 5.74) is 7.37. The van der Waals surface area contributed by atoms with Crippen molar-refractivity contribution in [3.63, 3.8) is 0 Å². The van der Waals surface area contributed by atoms with Crippen LogP contribution in [0.4, 0.5) is 14.5 Å². The molecule has 0 aliphatic rings. The van der Waals surface area contributed by atoms with Gasteiger partial charge in [0.2, 0.25) is 0 Å². The van der Waals surface area contributed by atoms with Crippen LogP contribution in [0.3, 0.4) is 0 Å². The summed E-state index contributed by atoms with van der Waals surface area (Å²) in [6, 6.07) is 14.1. The maximum absolute atomic E-state index is 12.2. The number of halogens is 3. The molecule has 0 aromatic heterocycles. The lowest BCUT2D eigenvalue weighted by Gasteiger charge is -2.10. The normalized spacial score (nSPS) is 11.0. The van der Waals surface area contributed by atoms with Crippen molar-refractivity contribution in [3.05, 3.63) is 54.1 Å². The Kier molecular flexibility index (Phi) is 8.96. The van der Waals surface area contributed by atoms with Crippen molar-refractivity contribution in [2.45, 2.75) is 13.0 Å². The first-order valence-electron chi connectivity index (χ1n) is 7.28. The van der Waals surface area contributed by atoms with Crippen molar-refractivity contribution in [1.29, 1.82) is 0 Å². The van der Waals surface area contributed by atoms with E-state index in [4.69, 9.17) is 15.2 Å². The molecule has 25 heavy (non-hydrogen) atoms. The van der Waals surface area contributed by atoms with E-state index in [0.717, 1.165) is 5.56 Å². The minimum atomic E-state index is -2.51. The molecule has 0 spiro atoms. The molecule has 0 atom stereocenters. The number of methoxy groups -OCH3 is 1. The van der Waals surface area contributed by atoms with E-state index in [9.17, 15) is 8.78 Å². The number of rotatable bonds is 7. The number of guanidine groups is 1. The van der Waals surface area contributed by atoms with Gasteiger partial charge in [0.15, 0.2) is 5.96 Å². The Labute approximate surface area is 162 Å². The van der Waals surface area contributed by atoms with E-state index in [2.05, 4.69) is 10.3 Å². The average Bonchev–Trinajstić information content (AvgIpc) is 2.59. The second kappa shape index (κ2) is 10.7. The Morgan fingerprint density at radius 3 is 2.68 bits per heavy atom. The quantitative estimate of drug-likeness (QED) is 0.372. The smallest absolute Gasteiger partial charge is 0.272 e. The molecule has 0 fully saturated rings. The zero-order chi connectivity index (χ0) is 17.4. The molecule has 0 amide bonds. The van der Waals surface area contributed by atoms with Gasteiger partial charge in [-0.15, -0.1) is 24.0 Å². The molecule has 0 saturated carbocycles. The van der Waals surface area contributed by atoms with Gasteiger partial charge in [-0.3, -0.25) is 0 Å². The van der Waals surface area contributed by atoms with Crippen LogP contribution in [0, 0.1) is 0 Å². The van der Waals surface area contributed by atoms with Gasteiger partial charge >= 0.3 is 0 Å². The molecule has 0 unspecified atom stereocenters. The minimum absolute atomic E-state index is 0. The lowest BCUT2D eigenvalue weighted by molar-refractivity contribution is 0.0818. The number of nitrogens with two attached hydrogens (primary N) is 1. The molecule has 0 radical (unpaired) electrons. The number of nitrogens with one attached hydrogen (secondary N) is 1. The van der Waals surface area contributed by atoms with Crippen LogP contribution in [0.25, 0.3) is 0 Å². The SMILES string of the molecule is COc1ccccc1NC(N)=NCc1cccc(OCC(F)F)c1.I. The number of hydrogen-bond donors (Lipinski definition) is 2. The van der Waals surface area contributed by atoms with Crippen LogP contribution in [0.5, 0.6) is 11.5 Å². The van der Waals surface area contributed by atoms with E-state index in [1.807, 2.05) is 24.3 Å². The molecule has 2 aromatic rings. The van der Waals surface area contributed by atoms with Gasteiger partial charge in [0, 0.05) is 0 Å². The first-order valence-corrected chi connectivity index (χ1v) is 7.28. The molecule has 5 nitrogen and oxygen atoms in total. The fourth-order valence-electron chi connectivity index (χ4n) is 1.99. The third-order valence-corrected chi connectivity index (χ3v) is 3.08. The molecule has 0 aliphatic carbocycles. The van der Waals surface area contributed by atoms with E-state index in [1.165, 1.54) is 0 Å². The van der Waals surface area contributed by atoms with E-state index in [1.54, 1.807) is 31.4 Å². The van der Waals surface area contributed by atoms with E-state index in [-0.39, 0.29) is 29.9 Å². The van der Waals surface area contributed by atoms with E-state index < -0.39 is 13.0 Å². The number of nitrogens with zero attached hydrogens (tertiary/aromatic N) is 1. The lowest BCUT2D eigenvalue weighted by atomic mass is 10.2. The number of benzene rings is 2. The number of ether oxygens (including phenoxy) is 2. The molecule has 0 heterocycles. The molecule has 2 aromatic carbocycles. The molecule has 136 valence electrons. The van der Waals surface area contributed by atoms with Gasteiger partial charge in [-0.25, -0.2) is 13.8 Å². The number of para-hydroxylation sites is 2. The molecule has 0 saturated heterocycles. The predicted molar refractivity (Wildman–Crippen MR) is 105 cm³/mol.